The second-order valence-corrected chi connectivity index (χ2v) is 18.3. The molecule has 28 heteroatoms. The molecule has 0 aliphatic carbocycles. The summed E-state index contributed by atoms with van der Waals surface area (Å²) in [6.07, 6.45) is 0. The number of phenolic OH excluding ortho intramolecular Hbond substituents is 1. The molecule has 0 heterocycles. The minimum Gasteiger partial charge on any atom is -0.505 e. The molecule has 7 N–H and O–H groups in total. The molecule has 5 aromatic carbocycles. The maximum atomic E-state index is 13.0. The number of hydrogen-bond acceptors (Lipinski definition) is 23. The molecule has 0 saturated heterocycles. The Morgan fingerprint density at radius 3 is 1.98 bits per heavy atom. The minimum absolute atomic E-state index is 0.0340. The number of fused-ring (bicyclic) bond motifs is 1. The molecule has 0 unspecified atom stereocenters. The van der Waals surface area contributed by atoms with Gasteiger partial charge in [-0.05, 0) is 84.9 Å². The smallest absolute Gasteiger partial charge is 0.397 e. The van der Waals surface area contributed by atoms with Crippen LogP contribution in [0.2, 0.25) is 0 Å². The fourth-order valence-electron chi connectivity index (χ4n) is 5.03. The first-order valence-electron chi connectivity index (χ1n) is 16.5. The number of carbonyl (C=O) groups is 1. The number of hydrogen-bond donors (Lipinski definition) is 6. The average molecular weight is 943 g/mol. The van der Waals surface area contributed by atoms with Gasteiger partial charge in [-0.1, -0.05) is 16.1 Å². The Labute approximate surface area is 354 Å². The number of amides is 1. The zero-order valence-electron chi connectivity index (χ0n) is 30.5. The van der Waals surface area contributed by atoms with Gasteiger partial charge in [0.1, 0.15) is 11.4 Å². The van der Waals surface area contributed by atoms with Crippen molar-refractivity contribution in [1.29, 1.82) is 0 Å². The van der Waals surface area contributed by atoms with Crippen molar-refractivity contribution >= 4 is 105 Å². The van der Waals surface area contributed by atoms with Crippen LogP contribution in [0.3, 0.4) is 0 Å². The molecule has 1 amide bonds. The summed E-state index contributed by atoms with van der Waals surface area (Å²) in [5, 5.41) is 55.1. The van der Waals surface area contributed by atoms with E-state index in [9.17, 15) is 35.2 Å². The molecule has 0 radical (unpaired) electrons. The molecule has 61 heavy (non-hydrogen) atoms. The first-order valence-corrected chi connectivity index (χ1v) is 22.6. The highest BCUT2D eigenvalue weighted by Gasteiger charge is 2.20. The van der Waals surface area contributed by atoms with Gasteiger partial charge in [0, 0.05) is 22.0 Å². The van der Waals surface area contributed by atoms with E-state index in [-0.39, 0.29) is 84.1 Å². The third-order valence-corrected chi connectivity index (χ3v) is 12.7. The molecule has 0 saturated carbocycles. The number of nitrogens with zero attached hydrogens (tertiary/aromatic N) is 4. The van der Waals surface area contributed by atoms with Crippen molar-refractivity contribution in [1.82, 2.24) is 0 Å². The number of aromatic hydroxyl groups is 1. The van der Waals surface area contributed by atoms with Crippen molar-refractivity contribution in [3.05, 3.63) is 96.6 Å². The van der Waals surface area contributed by atoms with E-state index in [1.807, 2.05) is 0 Å². The number of rotatable bonds is 21. The highest BCUT2D eigenvalue weighted by atomic mass is 32.3. The summed E-state index contributed by atoms with van der Waals surface area (Å²) in [6.45, 7) is -1.10. The molecule has 0 fully saturated rings. The standard InChI is InChI=1S/C33H30N6O17S5/c34-28-13-12-26-27(30(28)38-36-22-8-10-24(11-9-22)59(44,45)16-14-51-58-56-54-43)19-29(57-55-53-42)31(32(26)40)39-37-21-6-4-20(5-7-21)33(41)35-23-2-1-3-25(18-23)60(46,47)17-15-52-61(48,49)50/h1-13,18-19,40,42-43H,14-17,34H2,(H,35,41)(H,48,49,50)/b38-36+,39-37+. The predicted molar refractivity (Wildman–Crippen MR) is 216 cm³/mol. The lowest BCUT2D eigenvalue weighted by atomic mass is 10.1. The highest BCUT2D eigenvalue weighted by Crippen LogP contribution is 2.47. The Kier molecular flexibility index (Phi) is 16.2. The lowest BCUT2D eigenvalue weighted by Crippen LogP contribution is -2.16. The maximum absolute atomic E-state index is 13.0. The lowest BCUT2D eigenvalue weighted by molar-refractivity contribution is -0.434. The number of anilines is 2. The summed E-state index contributed by atoms with van der Waals surface area (Å²) in [6, 6.07) is 20.6. The summed E-state index contributed by atoms with van der Waals surface area (Å²) in [5.74, 6) is -2.22. The minimum atomic E-state index is -4.83. The van der Waals surface area contributed by atoms with Crippen LogP contribution in [0.5, 0.6) is 5.75 Å². The van der Waals surface area contributed by atoms with Gasteiger partial charge >= 0.3 is 10.4 Å². The average Bonchev–Trinajstić information content (AvgIpc) is 3.22. The molecular formula is C33H30N6O17S5. The van der Waals surface area contributed by atoms with E-state index in [4.69, 9.17) is 25.0 Å². The van der Waals surface area contributed by atoms with Gasteiger partial charge in [-0.25, -0.2) is 31.5 Å². The van der Waals surface area contributed by atoms with Crippen LogP contribution in [0.4, 0.5) is 34.1 Å². The Morgan fingerprint density at radius 2 is 1.33 bits per heavy atom. The van der Waals surface area contributed by atoms with Crippen molar-refractivity contribution in [2.75, 3.05) is 35.8 Å². The molecule has 0 aliphatic rings. The molecule has 0 aromatic heterocycles. The Morgan fingerprint density at radius 1 is 0.705 bits per heavy atom. The summed E-state index contributed by atoms with van der Waals surface area (Å²) in [4.78, 5) is 12.8. The lowest BCUT2D eigenvalue weighted by Gasteiger charge is -2.11. The Balaban J connectivity index is 1.32. The number of nitrogens with one attached hydrogen (secondary N) is 1. The topological polar surface area (TPSA) is 343 Å². The number of azo groups is 2. The first-order chi connectivity index (χ1) is 29.0. The predicted octanol–water partition coefficient (Wildman–Crippen LogP) is 7.01. The quantitative estimate of drug-likeness (QED) is 0.00819. The van der Waals surface area contributed by atoms with Gasteiger partial charge in [0.2, 0.25) is 0 Å². The molecule has 324 valence electrons. The maximum Gasteiger partial charge on any atom is 0.397 e. The van der Waals surface area contributed by atoms with Crippen LogP contribution in [0.25, 0.3) is 10.8 Å². The van der Waals surface area contributed by atoms with E-state index in [0.717, 1.165) is 6.07 Å². The van der Waals surface area contributed by atoms with Crippen LogP contribution in [0, 0.1) is 0 Å². The van der Waals surface area contributed by atoms with E-state index in [2.05, 4.69) is 48.7 Å². The summed E-state index contributed by atoms with van der Waals surface area (Å²) < 4.78 is 98.1. The van der Waals surface area contributed by atoms with Crippen molar-refractivity contribution in [3.63, 3.8) is 0 Å². The van der Waals surface area contributed by atoms with Gasteiger partial charge in [-0.3, -0.25) is 13.5 Å². The fourth-order valence-corrected chi connectivity index (χ4v) is 8.45. The van der Waals surface area contributed by atoms with E-state index in [0.29, 0.717) is 12.0 Å². The van der Waals surface area contributed by atoms with Crippen molar-refractivity contribution in [2.45, 2.75) is 14.7 Å². The molecule has 0 aliphatic heterocycles. The van der Waals surface area contributed by atoms with Crippen LogP contribution in [-0.4, -0.2) is 76.1 Å². The van der Waals surface area contributed by atoms with E-state index < -0.39 is 59.8 Å². The van der Waals surface area contributed by atoms with Gasteiger partial charge in [0.05, 0.1) is 68.5 Å². The summed E-state index contributed by atoms with van der Waals surface area (Å²) >= 11 is 0.692. The van der Waals surface area contributed by atoms with Gasteiger partial charge < -0.3 is 16.2 Å². The van der Waals surface area contributed by atoms with Gasteiger partial charge in [0.25, 0.3) is 5.91 Å². The third-order valence-electron chi connectivity index (χ3n) is 7.82. The highest BCUT2D eigenvalue weighted by molar-refractivity contribution is 7.94. The van der Waals surface area contributed by atoms with Crippen LogP contribution in [-0.2, 0) is 57.2 Å². The zero-order chi connectivity index (χ0) is 44.2. The molecule has 23 nitrogen and oxygen atoms in total. The van der Waals surface area contributed by atoms with Gasteiger partial charge in [-0.15, -0.1) is 18.9 Å². The number of phenols is 1. The van der Waals surface area contributed by atoms with E-state index >= 15 is 0 Å². The second kappa shape index (κ2) is 21.1. The summed E-state index contributed by atoms with van der Waals surface area (Å²) in [7, 11) is -12.7. The van der Waals surface area contributed by atoms with Crippen LogP contribution in [0.1, 0.15) is 10.4 Å². The van der Waals surface area contributed by atoms with E-state index in [1.54, 1.807) is 0 Å². The monoisotopic (exact) mass is 942 g/mol. The van der Waals surface area contributed by atoms with Gasteiger partial charge in [-0.2, -0.15) is 18.6 Å². The SMILES string of the molecule is Nc1ccc2c(O)c(/N=N/c3ccc(C(=O)Nc4cccc(S(=O)(=O)CCOS(=O)(=O)O)c4)cc3)c(SOOO)cc2c1/N=N/c1ccc(S(=O)(=O)CCOSOOO)cc1. The largest absolute Gasteiger partial charge is 0.505 e. The fraction of sp³-hybridized carbons (Fsp3) is 0.121. The number of sulfone groups is 2. The zero-order valence-corrected chi connectivity index (χ0v) is 34.6. The van der Waals surface area contributed by atoms with Crippen molar-refractivity contribution in [3.8, 4) is 5.75 Å². The molecule has 0 bridgehead atoms. The Hall–Kier alpha value is -5.18. The Bertz CT molecular complexity index is 2760. The van der Waals surface area contributed by atoms with Crippen molar-refractivity contribution < 1.29 is 77.3 Å². The number of nitrogens with two attached hydrogens (primary N) is 1. The summed E-state index contributed by atoms with van der Waals surface area (Å²) in [5.41, 5.74) is 7.01. The van der Waals surface area contributed by atoms with E-state index in [1.165, 1.54) is 84.9 Å². The normalized spacial score (nSPS) is 12.4. The van der Waals surface area contributed by atoms with Crippen molar-refractivity contribution in [2.24, 2.45) is 20.5 Å². The number of carbonyl (C=O) groups excluding carboxylic acids is 1. The molecular weight excluding hydrogens is 913 g/mol. The van der Waals surface area contributed by atoms with Gasteiger partial charge in [0.15, 0.2) is 37.7 Å². The molecule has 5 aromatic rings. The third kappa shape index (κ3) is 13.2. The molecule has 5 rings (SSSR count). The number of benzene rings is 5. The van der Waals surface area contributed by atoms with Crippen LogP contribution in [0.15, 0.2) is 126 Å². The van der Waals surface area contributed by atoms with Crippen LogP contribution >= 0.6 is 24.4 Å². The molecule has 0 spiro atoms. The number of nitrogen functional groups attached to an aromatic ring is 1. The first kappa shape index (κ1) is 46.9. The molecule has 0 atom stereocenters. The van der Waals surface area contributed by atoms with Crippen LogP contribution < -0.4 is 11.1 Å². The second-order valence-electron chi connectivity index (χ2n) is 11.7.